The van der Waals surface area contributed by atoms with Crippen LogP contribution in [0.3, 0.4) is 0 Å². The van der Waals surface area contributed by atoms with E-state index in [2.05, 4.69) is 10.3 Å². The van der Waals surface area contributed by atoms with Gasteiger partial charge in [-0.15, -0.1) is 0 Å². The third-order valence-electron chi connectivity index (χ3n) is 3.54. The van der Waals surface area contributed by atoms with E-state index in [0.29, 0.717) is 24.3 Å². The first kappa shape index (κ1) is 12.2. The van der Waals surface area contributed by atoms with Gasteiger partial charge in [0.25, 0.3) is 5.91 Å². The summed E-state index contributed by atoms with van der Waals surface area (Å²) in [5.74, 6) is -0.300. The number of hydrogen-bond donors (Lipinski definition) is 2. The molecule has 5 heteroatoms. The molecule has 2 aromatic rings. The molecule has 2 N–H and O–H groups in total. The number of aromatic nitrogens is 1. The van der Waals surface area contributed by atoms with E-state index in [1.54, 1.807) is 0 Å². The average Bonchev–Trinajstić information content (AvgIpc) is 2.83. The Morgan fingerprint density at radius 1 is 1.26 bits per heavy atom. The Morgan fingerprint density at radius 3 is 2.74 bits per heavy atom. The van der Waals surface area contributed by atoms with Gasteiger partial charge < -0.3 is 15.2 Å². The molecular formula is C14H16FN3O. The minimum Gasteiger partial charge on any atom is -0.350 e. The molecule has 1 aromatic heterocycles. The van der Waals surface area contributed by atoms with Crippen LogP contribution in [0.2, 0.25) is 0 Å². The number of carbonyl (C=O) groups excluding carboxylic acids is 1. The number of H-pyrrole nitrogens is 1. The fourth-order valence-electron chi connectivity index (χ4n) is 2.53. The summed E-state index contributed by atoms with van der Waals surface area (Å²) in [6.45, 7) is 4.90. The molecule has 1 fully saturated rings. The Morgan fingerprint density at radius 2 is 2.00 bits per heavy atom. The minimum atomic E-state index is -0.284. The summed E-state index contributed by atoms with van der Waals surface area (Å²) >= 11 is 0. The van der Waals surface area contributed by atoms with Crippen LogP contribution >= 0.6 is 0 Å². The molecule has 19 heavy (non-hydrogen) atoms. The smallest absolute Gasteiger partial charge is 0.270 e. The first-order chi connectivity index (χ1) is 9.15. The summed E-state index contributed by atoms with van der Waals surface area (Å²) in [5, 5.41) is 4.11. The number of aryl methyl sites for hydroxylation is 1. The second-order valence-corrected chi connectivity index (χ2v) is 4.91. The maximum atomic E-state index is 13.3. The molecule has 100 valence electrons. The highest BCUT2D eigenvalue weighted by atomic mass is 19.1. The van der Waals surface area contributed by atoms with Gasteiger partial charge in [0.1, 0.15) is 11.5 Å². The number of amides is 1. The number of fused-ring (bicyclic) bond motifs is 1. The van der Waals surface area contributed by atoms with E-state index in [-0.39, 0.29) is 11.7 Å². The van der Waals surface area contributed by atoms with Gasteiger partial charge in [-0.25, -0.2) is 4.39 Å². The number of halogens is 1. The molecule has 4 nitrogen and oxygen atoms in total. The maximum Gasteiger partial charge on any atom is 0.270 e. The van der Waals surface area contributed by atoms with Gasteiger partial charge in [-0.3, -0.25) is 4.79 Å². The van der Waals surface area contributed by atoms with Crippen LogP contribution in [0.5, 0.6) is 0 Å². The SMILES string of the molecule is Cc1cc(F)cc2[nH]c(C(=O)N3CCNCC3)cc12. The molecule has 0 bridgehead atoms. The number of rotatable bonds is 1. The van der Waals surface area contributed by atoms with Crippen molar-refractivity contribution >= 4 is 16.8 Å². The molecule has 1 aliphatic heterocycles. The standard InChI is InChI=1S/C14H16FN3O/c1-9-6-10(15)7-12-11(9)8-13(17-12)14(19)18-4-2-16-3-5-18/h6-8,16-17H,2-5H2,1H3. The lowest BCUT2D eigenvalue weighted by Gasteiger charge is -2.26. The van der Waals surface area contributed by atoms with E-state index < -0.39 is 0 Å². The molecule has 1 saturated heterocycles. The lowest BCUT2D eigenvalue weighted by atomic mass is 10.1. The van der Waals surface area contributed by atoms with Crippen LogP contribution in [0, 0.1) is 12.7 Å². The monoisotopic (exact) mass is 261 g/mol. The van der Waals surface area contributed by atoms with Gasteiger partial charge in [-0.2, -0.15) is 0 Å². The van der Waals surface area contributed by atoms with E-state index in [1.165, 1.54) is 12.1 Å². The molecule has 0 radical (unpaired) electrons. The van der Waals surface area contributed by atoms with Crippen molar-refractivity contribution in [3.05, 3.63) is 35.3 Å². The number of nitrogens with one attached hydrogen (secondary N) is 2. The lowest BCUT2D eigenvalue weighted by molar-refractivity contribution is 0.0731. The van der Waals surface area contributed by atoms with Crippen LogP contribution < -0.4 is 5.32 Å². The zero-order valence-electron chi connectivity index (χ0n) is 10.8. The number of piperazine rings is 1. The fourth-order valence-corrected chi connectivity index (χ4v) is 2.53. The molecule has 0 atom stereocenters. The highest BCUT2D eigenvalue weighted by Crippen LogP contribution is 2.22. The van der Waals surface area contributed by atoms with Crippen LogP contribution in [0.25, 0.3) is 10.9 Å². The zero-order valence-corrected chi connectivity index (χ0v) is 10.8. The van der Waals surface area contributed by atoms with Crippen LogP contribution in [0.1, 0.15) is 16.1 Å². The predicted octanol–water partition coefficient (Wildman–Crippen LogP) is 1.66. The van der Waals surface area contributed by atoms with E-state index >= 15 is 0 Å². The molecule has 0 spiro atoms. The molecule has 0 aliphatic carbocycles. The van der Waals surface area contributed by atoms with E-state index in [1.807, 2.05) is 17.9 Å². The molecule has 1 amide bonds. The van der Waals surface area contributed by atoms with Crippen LogP contribution in [-0.4, -0.2) is 42.0 Å². The first-order valence-electron chi connectivity index (χ1n) is 6.44. The largest absolute Gasteiger partial charge is 0.350 e. The van der Waals surface area contributed by atoms with Crippen molar-refractivity contribution in [1.82, 2.24) is 15.2 Å². The van der Waals surface area contributed by atoms with Crippen LogP contribution in [-0.2, 0) is 0 Å². The summed E-state index contributed by atoms with van der Waals surface area (Å²) in [6, 6.07) is 4.72. The highest BCUT2D eigenvalue weighted by molar-refractivity contribution is 5.98. The molecular weight excluding hydrogens is 245 g/mol. The Labute approximate surface area is 110 Å². The zero-order chi connectivity index (χ0) is 13.4. The summed E-state index contributed by atoms with van der Waals surface area (Å²) in [6.07, 6.45) is 0. The Bertz CT molecular complexity index is 629. The van der Waals surface area contributed by atoms with Crippen molar-refractivity contribution in [2.45, 2.75) is 6.92 Å². The highest BCUT2D eigenvalue weighted by Gasteiger charge is 2.20. The van der Waals surface area contributed by atoms with Gasteiger partial charge in [-0.1, -0.05) is 0 Å². The van der Waals surface area contributed by atoms with Gasteiger partial charge in [-0.05, 0) is 30.7 Å². The lowest BCUT2D eigenvalue weighted by Crippen LogP contribution is -2.46. The van der Waals surface area contributed by atoms with Crippen molar-refractivity contribution in [3.8, 4) is 0 Å². The molecule has 2 heterocycles. The molecule has 0 saturated carbocycles. The number of carbonyl (C=O) groups is 1. The van der Waals surface area contributed by atoms with Gasteiger partial charge in [0.15, 0.2) is 0 Å². The van der Waals surface area contributed by atoms with Gasteiger partial charge in [0.2, 0.25) is 0 Å². The van der Waals surface area contributed by atoms with Crippen molar-refractivity contribution in [1.29, 1.82) is 0 Å². The average molecular weight is 261 g/mol. The summed E-state index contributed by atoms with van der Waals surface area (Å²) in [5.41, 5.74) is 2.05. The summed E-state index contributed by atoms with van der Waals surface area (Å²) < 4.78 is 13.3. The van der Waals surface area contributed by atoms with Crippen molar-refractivity contribution in [2.24, 2.45) is 0 Å². The van der Waals surface area contributed by atoms with Crippen molar-refractivity contribution < 1.29 is 9.18 Å². The van der Waals surface area contributed by atoms with Gasteiger partial charge in [0.05, 0.1) is 0 Å². The first-order valence-corrected chi connectivity index (χ1v) is 6.44. The van der Waals surface area contributed by atoms with Crippen molar-refractivity contribution in [2.75, 3.05) is 26.2 Å². The molecule has 0 unspecified atom stereocenters. The van der Waals surface area contributed by atoms with E-state index in [9.17, 15) is 9.18 Å². The Hall–Kier alpha value is -1.88. The number of hydrogen-bond acceptors (Lipinski definition) is 2. The van der Waals surface area contributed by atoms with Gasteiger partial charge >= 0.3 is 0 Å². The van der Waals surface area contributed by atoms with E-state index in [4.69, 9.17) is 0 Å². The molecule has 3 rings (SSSR count). The Balaban J connectivity index is 1.96. The third kappa shape index (κ3) is 2.21. The summed E-state index contributed by atoms with van der Waals surface area (Å²) in [7, 11) is 0. The van der Waals surface area contributed by atoms with Crippen molar-refractivity contribution in [3.63, 3.8) is 0 Å². The number of benzene rings is 1. The quantitative estimate of drug-likeness (QED) is 0.820. The fraction of sp³-hybridized carbons (Fsp3) is 0.357. The maximum absolute atomic E-state index is 13.3. The second kappa shape index (κ2) is 4.66. The predicted molar refractivity (Wildman–Crippen MR) is 71.8 cm³/mol. The minimum absolute atomic E-state index is 0.0162. The topological polar surface area (TPSA) is 48.1 Å². The van der Waals surface area contributed by atoms with Gasteiger partial charge in [0, 0.05) is 37.1 Å². The number of nitrogens with zero attached hydrogens (tertiary/aromatic N) is 1. The Kier molecular flexibility index (Phi) is 2.98. The number of aromatic amines is 1. The van der Waals surface area contributed by atoms with Crippen LogP contribution in [0.4, 0.5) is 4.39 Å². The normalized spacial score (nSPS) is 16.0. The molecule has 1 aliphatic rings. The third-order valence-corrected chi connectivity index (χ3v) is 3.54. The molecule has 1 aromatic carbocycles. The summed E-state index contributed by atoms with van der Waals surface area (Å²) in [4.78, 5) is 17.2. The van der Waals surface area contributed by atoms with E-state index in [0.717, 1.165) is 24.0 Å². The van der Waals surface area contributed by atoms with Crippen LogP contribution in [0.15, 0.2) is 18.2 Å². The second-order valence-electron chi connectivity index (χ2n) is 4.91.